The summed E-state index contributed by atoms with van der Waals surface area (Å²) in [6.45, 7) is 0.723. The molecule has 184 valence electrons. The molecule has 4 aliphatic rings. The molecule has 4 aliphatic carbocycles. The van der Waals surface area contributed by atoms with E-state index in [-0.39, 0.29) is 35.7 Å². The van der Waals surface area contributed by atoms with E-state index < -0.39 is 12.7 Å². The van der Waals surface area contributed by atoms with Crippen LogP contribution in [0.25, 0.3) is 5.57 Å². The Balaban J connectivity index is 1.30. The number of ether oxygens (including phenoxy) is 3. The van der Waals surface area contributed by atoms with Crippen molar-refractivity contribution in [2.75, 3.05) is 6.61 Å². The summed E-state index contributed by atoms with van der Waals surface area (Å²) in [4.78, 5) is 0. The third-order valence-electron chi connectivity index (χ3n) is 6.98. The van der Waals surface area contributed by atoms with Crippen LogP contribution in [0.2, 0.25) is 0 Å². The highest BCUT2D eigenvalue weighted by Crippen LogP contribution is 2.59. The Kier molecular flexibility index (Phi) is 6.25. The smallest absolute Gasteiger partial charge is 0.491 e. The Morgan fingerprint density at radius 1 is 1.18 bits per heavy atom. The van der Waals surface area contributed by atoms with Crippen molar-refractivity contribution in [3.05, 3.63) is 59.9 Å². The largest absolute Gasteiger partial charge is 0.573 e. The fourth-order valence-electron chi connectivity index (χ4n) is 5.11. The number of rotatable bonds is 9. The van der Waals surface area contributed by atoms with E-state index in [4.69, 9.17) is 9.47 Å². The van der Waals surface area contributed by atoms with Crippen molar-refractivity contribution in [3.63, 3.8) is 0 Å². The topological polar surface area (TPSA) is 68.2 Å². The molecule has 0 saturated heterocycles. The van der Waals surface area contributed by atoms with Crippen molar-refractivity contribution in [2.24, 2.45) is 17.8 Å². The molecule has 0 bridgehead atoms. The molecular weight excluding hydrogens is 449 g/mol. The highest BCUT2D eigenvalue weighted by atomic mass is 19.4. The summed E-state index contributed by atoms with van der Waals surface area (Å²) in [5, 5.41) is 19.1. The van der Waals surface area contributed by atoms with E-state index in [9.17, 15) is 23.4 Å². The molecule has 0 aliphatic heterocycles. The van der Waals surface area contributed by atoms with E-state index in [0.29, 0.717) is 24.3 Å². The predicted molar refractivity (Wildman–Crippen MR) is 118 cm³/mol. The van der Waals surface area contributed by atoms with Gasteiger partial charge in [0.15, 0.2) is 6.29 Å². The second-order valence-corrected chi connectivity index (χ2v) is 9.80. The van der Waals surface area contributed by atoms with Gasteiger partial charge in [0.05, 0.1) is 18.0 Å². The van der Waals surface area contributed by atoms with Crippen LogP contribution in [0.3, 0.4) is 0 Å². The Bertz CT molecular complexity index is 994. The van der Waals surface area contributed by atoms with E-state index in [1.807, 2.05) is 18.2 Å². The van der Waals surface area contributed by atoms with Gasteiger partial charge in [0, 0.05) is 19.3 Å². The van der Waals surface area contributed by atoms with Crippen LogP contribution in [-0.4, -0.2) is 41.2 Å². The maximum atomic E-state index is 12.6. The number of hydrogen-bond acceptors (Lipinski definition) is 5. The van der Waals surface area contributed by atoms with Gasteiger partial charge in [0.2, 0.25) is 0 Å². The van der Waals surface area contributed by atoms with Gasteiger partial charge in [0.1, 0.15) is 11.9 Å². The van der Waals surface area contributed by atoms with Crippen molar-refractivity contribution in [3.8, 4) is 5.75 Å². The number of allylic oxidation sites excluding steroid dienone is 3. The summed E-state index contributed by atoms with van der Waals surface area (Å²) >= 11 is 0. The lowest BCUT2D eigenvalue weighted by Gasteiger charge is -2.30. The average molecular weight is 479 g/mol. The zero-order valence-corrected chi connectivity index (χ0v) is 18.7. The van der Waals surface area contributed by atoms with Crippen molar-refractivity contribution in [2.45, 2.75) is 62.9 Å². The Morgan fingerprint density at radius 3 is 2.74 bits per heavy atom. The predicted octanol–water partition coefficient (Wildman–Crippen LogP) is 5.10. The number of alkyl halides is 3. The van der Waals surface area contributed by atoms with Crippen LogP contribution < -0.4 is 4.74 Å². The molecular formula is C26H29F3O5. The molecule has 5 nitrogen and oxygen atoms in total. The highest BCUT2D eigenvalue weighted by molar-refractivity contribution is 5.76. The lowest BCUT2D eigenvalue weighted by Crippen LogP contribution is -2.29. The van der Waals surface area contributed by atoms with Gasteiger partial charge in [0.25, 0.3) is 0 Å². The number of fused-ring (bicyclic) bond motifs is 1. The second-order valence-electron chi connectivity index (χ2n) is 9.80. The minimum atomic E-state index is -4.74. The maximum Gasteiger partial charge on any atom is 0.573 e. The van der Waals surface area contributed by atoms with Crippen molar-refractivity contribution >= 4 is 5.57 Å². The van der Waals surface area contributed by atoms with Gasteiger partial charge in [-0.1, -0.05) is 24.3 Å². The maximum absolute atomic E-state index is 12.6. The minimum Gasteiger partial charge on any atom is -0.491 e. The third kappa shape index (κ3) is 5.67. The third-order valence-corrected chi connectivity index (χ3v) is 6.98. The van der Waals surface area contributed by atoms with E-state index in [1.165, 1.54) is 31.0 Å². The van der Waals surface area contributed by atoms with Gasteiger partial charge in [-0.25, -0.2) is 0 Å². The number of benzene rings is 1. The highest BCUT2D eigenvalue weighted by Gasteiger charge is 2.60. The summed E-state index contributed by atoms with van der Waals surface area (Å²) in [5.74, 6) is 1.48. The quantitative estimate of drug-likeness (QED) is 0.483. The van der Waals surface area contributed by atoms with Crippen molar-refractivity contribution in [1.29, 1.82) is 0 Å². The number of hydrogen-bond donors (Lipinski definition) is 2. The second kappa shape index (κ2) is 9.06. The summed E-state index contributed by atoms with van der Waals surface area (Å²) in [5.41, 5.74) is 0.985. The first-order valence-electron chi connectivity index (χ1n) is 11.8. The molecule has 1 aromatic rings. The zero-order chi connectivity index (χ0) is 23.9. The first-order chi connectivity index (χ1) is 16.2. The first-order valence-corrected chi connectivity index (χ1v) is 11.8. The molecule has 2 fully saturated rings. The Morgan fingerprint density at radius 2 is 2.00 bits per heavy atom. The van der Waals surface area contributed by atoms with Crippen molar-refractivity contribution in [1.82, 2.24) is 0 Å². The van der Waals surface area contributed by atoms with E-state index in [2.05, 4.69) is 10.8 Å². The molecule has 0 heterocycles. The zero-order valence-electron chi connectivity index (χ0n) is 18.7. The lowest BCUT2D eigenvalue weighted by molar-refractivity contribution is -0.274. The van der Waals surface area contributed by atoms with E-state index in [1.54, 1.807) is 6.07 Å². The molecule has 5 rings (SSSR count). The van der Waals surface area contributed by atoms with Gasteiger partial charge < -0.3 is 24.4 Å². The van der Waals surface area contributed by atoms with E-state index in [0.717, 1.165) is 24.4 Å². The van der Waals surface area contributed by atoms with Gasteiger partial charge in [-0.2, -0.15) is 0 Å². The summed E-state index contributed by atoms with van der Waals surface area (Å²) in [6, 6.07) is 5.89. The Hall–Kier alpha value is -2.29. The molecule has 34 heavy (non-hydrogen) atoms. The number of aliphatic hydroxyl groups excluding tert-OH is 1. The molecule has 2 N–H and O–H groups in total. The van der Waals surface area contributed by atoms with Gasteiger partial charge in [-0.15, -0.1) is 13.2 Å². The number of halogens is 3. The summed E-state index contributed by atoms with van der Waals surface area (Å²) in [7, 11) is 0. The molecule has 0 aromatic heterocycles. The molecule has 8 heteroatoms. The number of aliphatic hydroxyl groups is 2. The van der Waals surface area contributed by atoms with Crippen LogP contribution in [0.4, 0.5) is 13.2 Å². The normalized spacial score (nSPS) is 30.5. The van der Waals surface area contributed by atoms with Gasteiger partial charge >= 0.3 is 6.36 Å². The van der Waals surface area contributed by atoms with E-state index >= 15 is 0 Å². The molecule has 2 saturated carbocycles. The minimum absolute atomic E-state index is 0.0676. The Labute approximate surface area is 196 Å². The first kappa shape index (κ1) is 23.5. The van der Waals surface area contributed by atoms with Crippen LogP contribution in [0.5, 0.6) is 5.75 Å². The van der Waals surface area contributed by atoms with Crippen LogP contribution in [0, 0.1) is 17.8 Å². The van der Waals surface area contributed by atoms with Crippen LogP contribution in [-0.2, 0) is 9.47 Å². The standard InChI is InChI=1S/C26H29F3O5/c27-26(28,29)34-21-6-2-4-18(10-21)17-3-1-5-20(9-17)33-22-11-19(12-24(30)31)23-14-25(23,13-22)32-15-16-7-8-16/h1-4,6,9-10,13,16,19-20,23-24,30-31H,5,7-8,11-12,14-15H2. The average Bonchev–Trinajstić information content (AvgIpc) is 3.66. The van der Waals surface area contributed by atoms with Gasteiger partial charge in [-0.3, -0.25) is 0 Å². The lowest BCUT2D eigenvalue weighted by atomic mass is 9.87. The van der Waals surface area contributed by atoms with Crippen LogP contribution >= 0.6 is 0 Å². The molecule has 0 spiro atoms. The van der Waals surface area contributed by atoms with Crippen LogP contribution in [0.15, 0.2) is 54.3 Å². The monoisotopic (exact) mass is 478 g/mol. The molecule has 4 atom stereocenters. The molecule has 4 unspecified atom stereocenters. The molecule has 0 amide bonds. The van der Waals surface area contributed by atoms with Crippen molar-refractivity contribution < 1.29 is 37.6 Å². The SMILES string of the molecule is OC(O)CC1CC(OC2C=C(c3cccc(OC(F)(F)F)c3)C=CC2)=CC2(OCC3CC3)CC12. The fourth-order valence-corrected chi connectivity index (χ4v) is 5.11. The summed E-state index contributed by atoms with van der Waals surface area (Å²) < 4.78 is 54.5. The van der Waals surface area contributed by atoms with Gasteiger partial charge in [-0.05, 0) is 72.4 Å². The van der Waals surface area contributed by atoms with Crippen LogP contribution in [0.1, 0.15) is 44.1 Å². The summed E-state index contributed by atoms with van der Waals surface area (Å²) in [6.07, 6.45) is 6.15. The molecule has 0 radical (unpaired) electrons. The molecule has 1 aromatic carbocycles. The fraction of sp³-hybridized carbons (Fsp3) is 0.538.